The molecule has 0 saturated heterocycles. The fourth-order valence-corrected chi connectivity index (χ4v) is 4.99. The first-order chi connectivity index (χ1) is 7.37. The highest BCUT2D eigenvalue weighted by Crippen LogP contribution is 2.75. The van der Waals surface area contributed by atoms with Gasteiger partial charge in [-0.2, -0.15) is 0 Å². The van der Waals surface area contributed by atoms with Crippen molar-refractivity contribution in [2.75, 3.05) is 0 Å². The molecule has 0 aromatic rings. The van der Waals surface area contributed by atoms with E-state index in [4.69, 9.17) is 0 Å². The van der Waals surface area contributed by atoms with Crippen LogP contribution in [0.3, 0.4) is 0 Å². The topological polar surface area (TPSA) is 20.2 Å². The van der Waals surface area contributed by atoms with Gasteiger partial charge in [-0.05, 0) is 75.0 Å². The van der Waals surface area contributed by atoms with E-state index in [1.165, 1.54) is 44.9 Å². The third kappa shape index (κ3) is 1.33. The van der Waals surface area contributed by atoms with E-state index in [2.05, 4.69) is 6.92 Å². The highest BCUT2D eigenvalue weighted by Gasteiger charge is 2.67. The van der Waals surface area contributed by atoms with Crippen molar-refractivity contribution < 1.29 is 5.11 Å². The molecule has 0 aliphatic heterocycles. The highest BCUT2D eigenvalue weighted by atomic mass is 16.3. The summed E-state index contributed by atoms with van der Waals surface area (Å²) in [6.07, 6.45) is 9.74. The lowest BCUT2D eigenvalue weighted by Crippen LogP contribution is -2.45. The van der Waals surface area contributed by atoms with Crippen LogP contribution in [0.1, 0.15) is 65.7 Å². The van der Waals surface area contributed by atoms with Crippen LogP contribution in [0.15, 0.2) is 0 Å². The summed E-state index contributed by atoms with van der Waals surface area (Å²) in [6.45, 7) is 6.56. The summed E-state index contributed by atoms with van der Waals surface area (Å²) in [5, 5.41) is 10.2. The first-order valence-corrected chi connectivity index (χ1v) is 7.10. The summed E-state index contributed by atoms with van der Waals surface area (Å²) in [5.74, 6) is 1.56. The van der Waals surface area contributed by atoms with E-state index in [1.807, 2.05) is 13.8 Å². The van der Waals surface area contributed by atoms with Crippen LogP contribution >= 0.6 is 0 Å². The van der Waals surface area contributed by atoms with Crippen molar-refractivity contribution >= 4 is 0 Å². The van der Waals surface area contributed by atoms with E-state index < -0.39 is 5.60 Å². The van der Waals surface area contributed by atoms with Crippen molar-refractivity contribution in [3.63, 3.8) is 0 Å². The van der Waals surface area contributed by atoms with E-state index in [0.717, 1.165) is 5.92 Å². The molecule has 4 atom stereocenters. The second-order valence-corrected chi connectivity index (χ2v) is 7.60. The fraction of sp³-hybridized carbons (Fsp3) is 1.00. The summed E-state index contributed by atoms with van der Waals surface area (Å²) in [5.41, 5.74) is 0.812. The van der Waals surface area contributed by atoms with Gasteiger partial charge in [-0.3, -0.25) is 0 Å². The van der Waals surface area contributed by atoms with Gasteiger partial charge in [0.05, 0.1) is 5.60 Å². The van der Waals surface area contributed by atoms with Crippen molar-refractivity contribution in [3.8, 4) is 0 Å². The van der Waals surface area contributed by atoms with Crippen LogP contribution in [0.2, 0.25) is 0 Å². The Labute approximate surface area is 99.6 Å². The summed E-state index contributed by atoms with van der Waals surface area (Å²) >= 11 is 0. The summed E-state index contributed by atoms with van der Waals surface area (Å²) in [6, 6.07) is 0. The largest absolute Gasteiger partial charge is 0.390 e. The number of hydrogen-bond donors (Lipinski definition) is 1. The molecule has 0 bridgehead atoms. The van der Waals surface area contributed by atoms with Crippen LogP contribution in [0, 0.1) is 22.7 Å². The Morgan fingerprint density at radius 2 is 1.88 bits per heavy atom. The van der Waals surface area contributed by atoms with E-state index in [-0.39, 0.29) is 0 Å². The molecular weight excluding hydrogens is 196 g/mol. The van der Waals surface area contributed by atoms with Crippen LogP contribution in [0.4, 0.5) is 0 Å². The number of rotatable bonds is 1. The Kier molecular flexibility index (Phi) is 2.11. The standard InChI is InChI=1S/C15H26O/c1-13(2,16)11-6-8-14(3)7-4-5-12-10-15(12,14)9-11/h11-12,16H,4-10H2,1-3H3. The molecule has 0 amide bonds. The Morgan fingerprint density at radius 3 is 2.56 bits per heavy atom. The summed E-state index contributed by atoms with van der Waals surface area (Å²) in [7, 11) is 0. The highest BCUT2D eigenvalue weighted by molar-refractivity contribution is 5.17. The monoisotopic (exact) mass is 222 g/mol. The zero-order valence-corrected chi connectivity index (χ0v) is 11.1. The first-order valence-electron chi connectivity index (χ1n) is 7.10. The minimum absolute atomic E-state index is 0.458. The molecule has 4 unspecified atom stereocenters. The molecule has 16 heavy (non-hydrogen) atoms. The molecule has 3 saturated carbocycles. The van der Waals surface area contributed by atoms with Crippen LogP contribution in [-0.4, -0.2) is 10.7 Å². The quantitative estimate of drug-likeness (QED) is 0.716. The van der Waals surface area contributed by atoms with Crippen molar-refractivity contribution in [1.29, 1.82) is 0 Å². The maximum atomic E-state index is 10.2. The maximum Gasteiger partial charge on any atom is 0.0620 e. The summed E-state index contributed by atoms with van der Waals surface area (Å²) in [4.78, 5) is 0. The minimum atomic E-state index is -0.458. The van der Waals surface area contributed by atoms with Crippen LogP contribution < -0.4 is 0 Å². The zero-order chi connectivity index (χ0) is 11.6. The average molecular weight is 222 g/mol. The molecule has 3 rings (SSSR count). The van der Waals surface area contributed by atoms with Gasteiger partial charge < -0.3 is 5.11 Å². The molecule has 0 aromatic heterocycles. The molecule has 1 N–H and O–H groups in total. The molecule has 3 aliphatic rings. The maximum absolute atomic E-state index is 10.2. The van der Waals surface area contributed by atoms with Crippen LogP contribution in [-0.2, 0) is 0 Å². The van der Waals surface area contributed by atoms with Gasteiger partial charge in [0, 0.05) is 0 Å². The molecule has 3 fully saturated rings. The van der Waals surface area contributed by atoms with Crippen molar-refractivity contribution in [1.82, 2.24) is 0 Å². The van der Waals surface area contributed by atoms with Crippen LogP contribution in [0.25, 0.3) is 0 Å². The Morgan fingerprint density at radius 1 is 1.12 bits per heavy atom. The molecule has 1 heteroatoms. The second-order valence-electron chi connectivity index (χ2n) is 7.60. The molecule has 1 spiro atoms. The SMILES string of the molecule is CC(C)(O)C1CCC2(C)CCCC3CC32C1. The number of hydrogen-bond acceptors (Lipinski definition) is 1. The van der Waals surface area contributed by atoms with Gasteiger partial charge in [0.2, 0.25) is 0 Å². The third-order valence-electron chi connectivity index (χ3n) is 6.37. The van der Waals surface area contributed by atoms with E-state index in [0.29, 0.717) is 16.7 Å². The predicted molar refractivity (Wildman–Crippen MR) is 66.1 cm³/mol. The minimum Gasteiger partial charge on any atom is -0.390 e. The molecule has 1 nitrogen and oxygen atoms in total. The lowest BCUT2D eigenvalue weighted by Gasteiger charge is -2.51. The van der Waals surface area contributed by atoms with Gasteiger partial charge in [0.1, 0.15) is 0 Å². The Bertz CT molecular complexity index is 303. The molecule has 0 radical (unpaired) electrons. The smallest absolute Gasteiger partial charge is 0.0620 e. The molecule has 92 valence electrons. The third-order valence-corrected chi connectivity index (χ3v) is 6.37. The molecule has 3 aliphatic carbocycles. The second kappa shape index (κ2) is 3.04. The summed E-state index contributed by atoms with van der Waals surface area (Å²) < 4.78 is 0. The van der Waals surface area contributed by atoms with E-state index >= 15 is 0 Å². The zero-order valence-electron chi connectivity index (χ0n) is 11.1. The normalized spacial score (nSPS) is 51.8. The van der Waals surface area contributed by atoms with Gasteiger partial charge in [-0.25, -0.2) is 0 Å². The van der Waals surface area contributed by atoms with Crippen molar-refractivity contribution in [2.45, 2.75) is 71.3 Å². The van der Waals surface area contributed by atoms with Gasteiger partial charge in [0.25, 0.3) is 0 Å². The van der Waals surface area contributed by atoms with E-state index in [1.54, 1.807) is 0 Å². The molecular formula is C15H26O. The Hall–Kier alpha value is -0.0400. The van der Waals surface area contributed by atoms with Crippen molar-refractivity contribution in [3.05, 3.63) is 0 Å². The van der Waals surface area contributed by atoms with Crippen LogP contribution in [0.5, 0.6) is 0 Å². The van der Waals surface area contributed by atoms with Crippen molar-refractivity contribution in [2.24, 2.45) is 22.7 Å². The first kappa shape index (κ1) is 11.1. The van der Waals surface area contributed by atoms with Gasteiger partial charge in [-0.1, -0.05) is 13.3 Å². The lowest BCUT2D eigenvalue weighted by molar-refractivity contribution is -0.0650. The number of aliphatic hydroxyl groups is 1. The van der Waals surface area contributed by atoms with Gasteiger partial charge in [-0.15, -0.1) is 0 Å². The fourth-order valence-electron chi connectivity index (χ4n) is 4.99. The lowest BCUT2D eigenvalue weighted by atomic mass is 9.55. The van der Waals surface area contributed by atoms with Gasteiger partial charge in [0.15, 0.2) is 0 Å². The van der Waals surface area contributed by atoms with E-state index in [9.17, 15) is 5.11 Å². The molecule has 0 heterocycles. The Balaban J connectivity index is 1.84. The molecule has 0 aromatic carbocycles. The average Bonchev–Trinajstić information content (AvgIpc) is 2.87. The predicted octanol–water partition coefficient (Wildman–Crippen LogP) is 3.75. The van der Waals surface area contributed by atoms with Gasteiger partial charge >= 0.3 is 0 Å².